The number of alkyl halides is 3. The van der Waals surface area contributed by atoms with E-state index in [1.165, 1.54) is 0 Å². The van der Waals surface area contributed by atoms with Crippen LogP contribution in [0.25, 0.3) is 0 Å². The maximum atomic E-state index is 12.5. The second-order valence-electron chi connectivity index (χ2n) is 6.78. The number of anilines is 2. The number of rotatable bonds is 2. The van der Waals surface area contributed by atoms with Crippen LogP contribution in [0.15, 0.2) is 48.5 Å². The Bertz CT molecular complexity index is 807. The molecule has 2 aromatic rings. The van der Waals surface area contributed by atoms with Crippen LogP contribution in [-0.2, 0) is 21.2 Å². The summed E-state index contributed by atoms with van der Waals surface area (Å²) in [6.07, 6.45) is -4.46. The molecule has 0 aliphatic heterocycles. The number of para-hydroxylation sites is 1. The smallest absolute Gasteiger partial charge is 0.318 e. The van der Waals surface area contributed by atoms with Crippen LogP contribution in [0.3, 0.4) is 0 Å². The van der Waals surface area contributed by atoms with Crippen molar-refractivity contribution < 1.29 is 22.8 Å². The Morgan fingerprint density at radius 1 is 0.808 bits per heavy atom. The lowest BCUT2D eigenvalue weighted by atomic mass is 9.86. The van der Waals surface area contributed by atoms with Gasteiger partial charge in [0.05, 0.1) is 5.56 Å². The van der Waals surface area contributed by atoms with Crippen molar-refractivity contribution in [1.29, 1.82) is 0 Å². The number of amides is 2. The molecule has 2 aromatic carbocycles. The molecule has 7 heteroatoms. The first-order valence-electron chi connectivity index (χ1n) is 7.87. The molecular weight excluding hydrogens is 345 g/mol. The molecule has 138 valence electrons. The maximum Gasteiger partial charge on any atom is 0.416 e. The molecule has 4 nitrogen and oxygen atoms in total. The van der Waals surface area contributed by atoms with Crippen molar-refractivity contribution in [2.24, 2.45) is 0 Å². The molecule has 0 bridgehead atoms. The fourth-order valence-electron chi connectivity index (χ4n) is 2.36. The molecular formula is C19H19F3N2O2. The lowest BCUT2D eigenvalue weighted by molar-refractivity contribution is -0.137. The van der Waals surface area contributed by atoms with Crippen LogP contribution in [0.5, 0.6) is 0 Å². The molecule has 0 heterocycles. The summed E-state index contributed by atoms with van der Waals surface area (Å²) in [5.41, 5.74) is 0.387. The van der Waals surface area contributed by atoms with E-state index in [-0.39, 0.29) is 11.1 Å². The molecule has 0 aromatic heterocycles. The topological polar surface area (TPSA) is 58.2 Å². The molecule has 0 unspecified atom stereocenters. The molecule has 0 fully saturated rings. The van der Waals surface area contributed by atoms with Gasteiger partial charge in [-0.3, -0.25) is 9.59 Å². The van der Waals surface area contributed by atoms with E-state index in [1.54, 1.807) is 12.1 Å². The summed E-state index contributed by atoms with van der Waals surface area (Å²) in [5, 5.41) is 4.82. The average molecular weight is 364 g/mol. The molecule has 26 heavy (non-hydrogen) atoms. The molecule has 2 rings (SSSR count). The second-order valence-corrected chi connectivity index (χ2v) is 6.78. The molecule has 0 spiro atoms. The van der Waals surface area contributed by atoms with Crippen LogP contribution in [0, 0.1) is 0 Å². The van der Waals surface area contributed by atoms with Crippen molar-refractivity contribution in [1.82, 2.24) is 0 Å². The number of hydrogen-bond donors (Lipinski definition) is 2. The normalized spacial score (nSPS) is 11.8. The van der Waals surface area contributed by atoms with Gasteiger partial charge in [0.1, 0.15) is 0 Å². The molecule has 0 saturated carbocycles. The highest BCUT2D eigenvalue weighted by molar-refractivity contribution is 6.43. The summed E-state index contributed by atoms with van der Waals surface area (Å²) >= 11 is 0. The highest BCUT2D eigenvalue weighted by atomic mass is 19.4. The number of benzene rings is 2. The van der Waals surface area contributed by atoms with Gasteiger partial charge in [-0.2, -0.15) is 13.2 Å². The number of hydrogen-bond acceptors (Lipinski definition) is 2. The van der Waals surface area contributed by atoms with Crippen LogP contribution in [-0.4, -0.2) is 11.8 Å². The van der Waals surface area contributed by atoms with Gasteiger partial charge in [-0.15, -0.1) is 0 Å². The molecule has 0 saturated heterocycles. The van der Waals surface area contributed by atoms with Crippen molar-refractivity contribution in [3.8, 4) is 0 Å². The predicted molar refractivity (Wildman–Crippen MR) is 93.8 cm³/mol. The zero-order chi connectivity index (χ0) is 19.5. The Labute approximate surface area is 149 Å². The Morgan fingerprint density at radius 3 is 1.88 bits per heavy atom. The largest absolute Gasteiger partial charge is 0.416 e. The minimum atomic E-state index is -4.46. The van der Waals surface area contributed by atoms with E-state index in [0.29, 0.717) is 5.69 Å². The van der Waals surface area contributed by atoms with Crippen LogP contribution < -0.4 is 10.6 Å². The van der Waals surface area contributed by atoms with Crippen LogP contribution in [0.4, 0.5) is 24.5 Å². The molecule has 0 aliphatic rings. The highest BCUT2D eigenvalue weighted by Crippen LogP contribution is 2.30. The van der Waals surface area contributed by atoms with Crippen LogP contribution in [0.1, 0.15) is 31.9 Å². The molecule has 0 radical (unpaired) electrons. The Morgan fingerprint density at radius 2 is 1.35 bits per heavy atom. The van der Waals surface area contributed by atoms with E-state index in [9.17, 15) is 22.8 Å². The summed E-state index contributed by atoms with van der Waals surface area (Å²) in [5.74, 6) is -1.87. The van der Waals surface area contributed by atoms with Crippen molar-refractivity contribution >= 4 is 23.2 Å². The van der Waals surface area contributed by atoms with E-state index in [1.807, 2.05) is 32.9 Å². The van der Waals surface area contributed by atoms with Gasteiger partial charge in [-0.1, -0.05) is 39.0 Å². The monoisotopic (exact) mass is 364 g/mol. The molecule has 2 N–H and O–H groups in total. The Balaban J connectivity index is 2.08. The van der Waals surface area contributed by atoms with Crippen LogP contribution >= 0.6 is 0 Å². The maximum absolute atomic E-state index is 12.5. The van der Waals surface area contributed by atoms with Crippen molar-refractivity contribution in [3.63, 3.8) is 0 Å². The molecule has 0 aliphatic carbocycles. The van der Waals surface area contributed by atoms with Gasteiger partial charge in [0, 0.05) is 11.4 Å². The van der Waals surface area contributed by atoms with Gasteiger partial charge in [-0.25, -0.2) is 0 Å². The first-order valence-corrected chi connectivity index (χ1v) is 7.87. The second kappa shape index (κ2) is 7.19. The Kier molecular flexibility index (Phi) is 5.39. The van der Waals surface area contributed by atoms with Gasteiger partial charge in [0.15, 0.2) is 0 Å². The number of nitrogens with one attached hydrogen (secondary N) is 2. The standard InChI is InChI=1S/C19H19F3N2O2/c1-18(2,3)14-6-4-5-7-15(14)24-17(26)16(25)23-13-10-8-12(9-11-13)19(20,21)22/h4-11H,1-3H3,(H,23,25)(H,24,26). The number of carbonyl (C=O) groups is 2. The van der Waals surface area contributed by atoms with E-state index >= 15 is 0 Å². The van der Waals surface area contributed by atoms with Gasteiger partial charge >= 0.3 is 18.0 Å². The predicted octanol–water partition coefficient (Wildman–Crippen LogP) is 4.58. The summed E-state index contributed by atoms with van der Waals surface area (Å²) in [6.45, 7) is 5.92. The van der Waals surface area contributed by atoms with Gasteiger partial charge in [-0.05, 0) is 41.3 Å². The third kappa shape index (κ3) is 4.84. The fraction of sp³-hybridized carbons (Fsp3) is 0.263. The SMILES string of the molecule is CC(C)(C)c1ccccc1NC(=O)C(=O)Nc1ccc(C(F)(F)F)cc1. The molecule has 0 atom stereocenters. The quantitative estimate of drug-likeness (QED) is 0.767. The minimum absolute atomic E-state index is 0.0993. The summed E-state index contributed by atoms with van der Waals surface area (Å²) in [6, 6.07) is 11.0. The molecule has 2 amide bonds. The van der Waals surface area contributed by atoms with Crippen molar-refractivity contribution in [2.75, 3.05) is 10.6 Å². The van der Waals surface area contributed by atoms with E-state index in [0.717, 1.165) is 29.8 Å². The highest BCUT2D eigenvalue weighted by Gasteiger charge is 2.30. The van der Waals surface area contributed by atoms with Crippen LogP contribution in [0.2, 0.25) is 0 Å². The summed E-state index contributed by atoms with van der Waals surface area (Å²) in [4.78, 5) is 24.1. The lowest BCUT2D eigenvalue weighted by Crippen LogP contribution is -2.30. The first-order chi connectivity index (χ1) is 12.0. The first kappa shape index (κ1) is 19.5. The zero-order valence-electron chi connectivity index (χ0n) is 14.6. The van der Waals surface area contributed by atoms with Crippen molar-refractivity contribution in [3.05, 3.63) is 59.7 Å². The number of carbonyl (C=O) groups excluding carboxylic acids is 2. The van der Waals surface area contributed by atoms with E-state index in [4.69, 9.17) is 0 Å². The van der Waals surface area contributed by atoms with Gasteiger partial charge < -0.3 is 10.6 Å². The summed E-state index contributed by atoms with van der Waals surface area (Å²) in [7, 11) is 0. The fourth-order valence-corrected chi connectivity index (χ4v) is 2.36. The van der Waals surface area contributed by atoms with Crippen molar-refractivity contribution in [2.45, 2.75) is 32.4 Å². The minimum Gasteiger partial charge on any atom is -0.318 e. The van der Waals surface area contributed by atoms with Gasteiger partial charge in [0.2, 0.25) is 0 Å². The van der Waals surface area contributed by atoms with Gasteiger partial charge in [0.25, 0.3) is 0 Å². The zero-order valence-corrected chi connectivity index (χ0v) is 14.6. The third-order valence-corrected chi connectivity index (χ3v) is 3.66. The van der Waals surface area contributed by atoms with E-state index in [2.05, 4.69) is 10.6 Å². The lowest BCUT2D eigenvalue weighted by Gasteiger charge is -2.22. The average Bonchev–Trinajstić information content (AvgIpc) is 2.54. The van der Waals surface area contributed by atoms with E-state index < -0.39 is 23.6 Å². The summed E-state index contributed by atoms with van der Waals surface area (Å²) < 4.78 is 37.6. The number of halogens is 3. The third-order valence-electron chi connectivity index (χ3n) is 3.66. The Hall–Kier alpha value is -2.83.